The average molecular weight is 466 g/mol. The first-order valence-corrected chi connectivity index (χ1v) is 11.2. The minimum Gasteiger partial charge on any atom is -0.272 e. The van der Waals surface area contributed by atoms with Crippen LogP contribution in [0.15, 0.2) is 58.6 Å². The van der Waals surface area contributed by atoms with Crippen molar-refractivity contribution < 1.29 is 9.72 Å². The van der Waals surface area contributed by atoms with E-state index < -0.39 is 11.0 Å². The lowest BCUT2D eigenvalue weighted by molar-refractivity contribution is -0.385. The Labute approximate surface area is 192 Å². The number of carbonyl (C=O) groups excluding carboxylic acids is 1. The third-order valence-electron chi connectivity index (χ3n) is 5.37. The summed E-state index contributed by atoms with van der Waals surface area (Å²) in [4.78, 5) is 31.6. The number of hydrazone groups is 1. The van der Waals surface area contributed by atoms with Crippen LogP contribution in [0.3, 0.4) is 0 Å². The van der Waals surface area contributed by atoms with E-state index in [-0.39, 0.29) is 17.3 Å². The van der Waals surface area contributed by atoms with Gasteiger partial charge < -0.3 is 0 Å². The van der Waals surface area contributed by atoms with Gasteiger partial charge in [0, 0.05) is 23.4 Å². The Morgan fingerprint density at radius 1 is 1.22 bits per heavy atom. The second-order valence-corrected chi connectivity index (χ2v) is 8.83. The number of aliphatic imine (C=N–C) groups is 1. The van der Waals surface area contributed by atoms with Crippen molar-refractivity contribution in [3.63, 3.8) is 0 Å². The van der Waals surface area contributed by atoms with Crippen LogP contribution in [0.2, 0.25) is 5.15 Å². The molecule has 0 saturated carbocycles. The van der Waals surface area contributed by atoms with Crippen LogP contribution in [-0.2, 0) is 4.79 Å². The first kappa shape index (κ1) is 20.6. The second-order valence-electron chi connectivity index (χ2n) is 7.53. The lowest BCUT2D eigenvalue weighted by atomic mass is 9.97. The molecule has 2 aromatic carbocycles. The molecule has 1 aromatic heterocycles. The summed E-state index contributed by atoms with van der Waals surface area (Å²) in [6.07, 6.45) is 0.358. The van der Waals surface area contributed by atoms with Crippen molar-refractivity contribution in [2.45, 2.75) is 19.4 Å². The van der Waals surface area contributed by atoms with E-state index in [9.17, 15) is 14.9 Å². The summed E-state index contributed by atoms with van der Waals surface area (Å²) in [5, 5.41) is 19.6. The molecule has 1 amide bonds. The lowest BCUT2D eigenvalue weighted by Gasteiger charge is -2.23. The van der Waals surface area contributed by atoms with Crippen molar-refractivity contribution in [3.05, 3.63) is 80.5 Å². The largest absolute Gasteiger partial charge is 0.278 e. The van der Waals surface area contributed by atoms with E-state index >= 15 is 0 Å². The Bertz CT molecular complexity index is 1360. The van der Waals surface area contributed by atoms with Crippen molar-refractivity contribution >= 4 is 56.7 Å². The number of rotatable bonds is 3. The third kappa shape index (κ3) is 3.63. The first-order chi connectivity index (χ1) is 15.4. The maximum atomic E-state index is 11.8. The number of para-hydroxylation sites is 1. The number of nitro benzene ring substituents is 1. The number of hydrogen-bond acceptors (Lipinski definition) is 7. The molecular formula is C22H16ClN5O3S. The number of carbonyl (C=O) groups is 1. The number of amides is 1. The number of hydrogen-bond donors (Lipinski definition) is 0. The van der Waals surface area contributed by atoms with Gasteiger partial charge in [-0.25, -0.2) is 9.99 Å². The van der Waals surface area contributed by atoms with Crippen LogP contribution in [0.25, 0.3) is 10.9 Å². The van der Waals surface area contributed by atoms with Crippen molar-refractivity contribution in [2.24, 2.45) is 10.1 Å². The summed E-state index contributed by atoms with van der Waals surface area (Å²) >= 11 is 7.88. The van der Waals surface area contributed by atoms with E-state index in [1.807, 2.05) is 31.2 Å². The maximum absolute atomic E-state index is 11.8. The molecule has 0 spiro atoms. The molecule has 0 aliphatic carbocycles. The zero-order chi connectivity index (χ0) is 22.4. The summed E-state index contributed by atoms with van der Waals surface area (Å²) in [6, 6.07) is 14.0. The zero-order valence-corrected chi connectivity index (χ0v) is 18.4. The molecule has 160 valence electrons. The van der Waals surface area contributed by atoms with Crippen molar-refractivity contribution in [3.8, 4) is 0 Å². The molecule has 0 N–H and O–H groups in total. The molecule has 10 heteroatoms. The van der Waals surface area contributed by atoms with Crippen molar-refractivity contribution in [2.75, 3.05) is 5.75 Å². The van der Waals surface area contributed by atoms with Crippen molar-refractivity contribution in [1.82, 2.24) is 9.99 Å². The minimum absolute atomic E-state index is 0.0256. The van der Waals surface area contributed by atoms with Gasteiger partial charge in [0.05, 0.1) is 33.5 Å². The lowest BCUT2D eigenvalue weighted by Crippen LogP contribution is -2.24. The quantitative estimate of drug-likeness (QED) is 0.310. The molecule has 2 aliphatic rings. The summed E-state index contributed by atoms with van der Waals surface area (Å²) in [6.45, 7) is 2.00. The number of thioether (sulfide) groups is 1. The van der Waals surface area contributed by atoms with Crippen LogP contribution in [0.4, 0.5) is 5.69 Å². The van der Waals surface area contributed by atoms with Gasteiger partial charge in [-0.2, -0.15) is 10.1 Å². The fourth-order valence-corrected chi connectivity index (χ4v) is 4.96. The third-order valence-corrected chi connectivity index (χ3v) is 6.60. The van der Waals surface area contributed by atoms with Gasteiger partial charge in [-0.1, -0.05) is 47.1 Å². The number of amidine groups is 1. The number of benzene rings is 2. The Kier molecular flexibility index (Phi) is 5.15. The molecule has 0 fully saturated rings. The molecule has 32 heavy (non-hydrogen) atoms. The highest BCUT2D eigenvalue weighted by Crippen LogP contribution is 2.40. The van der Waals surface area contributed by atoms with Gasteiger partial charge in [0.15, 0.2) is 5.17 Å². The van der Waals surface area contributed by atoms with Crippen LogP contribution in [0.5, 0.6) is 0 Å². The van der Waals surface area contributed by atoms with E-state index in [1.54, 1.807) is 23.2 Å². The predicted octanol–water partition coefficient (Wildman–Crippen LogP) is 4.89. The van der Waals surface area contributed by atoms with Gasteiger partial charge in [-0.05, 0) is 31.2 Å². The van der Waals surface area contributed by atoms with Crippen LogP contribution >= 0.6 is 23.4 Å². The molecule has 0 radical (unpaired) electrons. The number of aromatic nitrogens is 1. The molecule has 1 unspecified atom stereocenters. The van der Waals surface area contributed by atoms with Crippen LogP contribution in [0.1, 0.15) is 29.2 Å². The number of halogens is 1. The summed E-state index contributed by atoms with van der Waals surface area (Å²) in [7, 11) is 0. The van der Waals surface area contributed by atoms with Crippen molar-refractivity contribution in [1.29, 1.82) is 0 Å². The average Bonchev–Trinajstić information content (AvgIpc) is 3.40. The highest BCUT2D eigenvalue weighted by molar-refractivity contribution is 8.14. The van der Waals surface area contributed by atoms with E-state index in [0.717, 1.165) is 22.0 Å². The molecular weight excluding hydrogens is 450 g/mol. The van der Waals surface area contributed by atoms with E-state index in [4.69, 9.17) is 11.6 Å². The second kappa shape index (κ2) is 7.99. The van der Waals surface area contributed by atoms with Gasteiger partial charge in [0.1, 0.15) is 5.15 Å². The highest BCUT2D eigenvalue weighted by atomic mass is 35.5. The summed E-state index contributed by atoms with van der Waals surface area (Å²) in [5.41, 5.74) is 3.53. The number of fused-ring (bicyclic) bond motifs is 1. The van der Waals surface area contributed by atoms with Crippen LogP contribution < -0.4 is 0 Å². The smallest absolute Gasteiger partial charge is 0.272 e. The Morgan fingerprint density at radius 2 is 2.03 bits per heavy atom. The molecule has 1 atom stereocenters. The van der Waals surface area contributed by atoms with Gasteiger partial charge in [-0.3, -0.25) is 14.9 Å². The van der Waals surface area contributed by atoms with Gasteiger partial charge in [-0.15, -0.1) is 0 Å². The highest BCUT2D eigenvalue weighted by Gasteiger charge is 2.37. The van der Waals surface area contributed by atoms with Gasteiger partial charge >= 0.3 is 0 Å². The Morgan fingerprint density at radius 3 is 2.78 bits per heavy atom. The predicted molar refractivity (Wildman–Crippen MR) is 125 cm³/mol. The SMILES string of the molecule is Cc1ccc2nc(Cl)c(C3CC(c4ccccc4[N+](=O)[O-])=NN3C3=NC(=O)CS3)cc2c1. The van der Waals surface area contributed by atoms with Crippen LogP contribution in [-0.4, -0.2) is 37.5 Å². The monoisotopic (exact) mass is 465 g/mol. The molecule has 0 bridgehead atoms. The topological polar surface area (TPSA) is 101 Å². The Balaban J connectivity index is 1.63. The Hall–Kier alpha value is -3.30. The normalized spacial score (nSPS) is 18.2. The number of nitrogens with zero attached hydrogens (tertiary/aromatic N) is 5. The number of pyridine rings is 1. The summed E-state index contributed by atoms with van der Waals surface area (Å²) < 4.78 is 0. The van der Waals surface area contributed by atoms with Gasteiger partial charge in [0.25, 0.3) is 11.6 Å². The molecule has 0 saturated heterocycles. The van der Waals surface area contributed by atoms with E-state index in [2.05, 4.69) is 15.1 Å². The molecule has 3 heterocycles. The molecule has 5 rings (SSSR count). The maximum Gasteiger partial charge on any atom is 0.278 e. The number of aryl methyl sites for hydroxylation is 1. The number of nitro groups is 1. The fourth-order valence-electron chi connectivity index (χ4n) is 3.91. The standard InChI is InChI=1S/C22H16ClN5O3S/c1-12-6-7-16-13(8-12)9-15(21(23)24-16)19-10-17(14-4-2-3-5-18(14)28(30)31)26-27(19)22-25-20(29)11-32-22/h2-9,19H,10-11H2,1H3. The van der Waals surface area contributed by atoms with E-state index in [0.29, 0.717) is 28.0 Å². The molecule has 3 aromatic rings. The van der Waals surface area contributed by atoms with E-state index in [1.165, 1.54) is 17.8 Å². The molecule has 8 nitrogen and oxygen atoms in total. The minimum atomic E-state index is -0.422. The fraction of sp³-hybridized carbons (Fsp3) is 0.182. The first-order valence-electron chi connectivity index (χ1n) is 9.82. The van der Waals surface area contributed by atoms with Crippen LogP contribution in [0, 0.1) is 17.0 Å². The van der Waals surface area contributed by atoms with Gasteiger partial charge in [0.2, 0.25) is 0 Å². The molecule has 2 aliphatic heterocycles. The summed E-state index contributed by atoms with van der Waals surface area (Å²) in [5.74, 6) is -0.00548. The zero-order valence-electron chi connectivity index (χ0n) is 16.9.